The molecule has 1 saturated carbocycles. The Labute approximate surface area is 122 Å². The van der Waals surface area contributed by atoms with Gasteiger partial charge >= 0.3 is 0 Å². The third-order valence-electron chi connectivity index (χ3n) is 5.48. The monoisotopic (exact) mass is 280 g/mol. The van der Waals surface area contributed by atoms with E-state index in [0.29, 0.717) is 30.8 Å². The van der Waals surface area contributed by atoms with Crippen molar-refractivity contribution < 1.29 is 9.59 Å². The minimum absolute atomic E-state index is 0.0184. The van der Waals surface area contributed by atoms with Gasteiger partial charge in [-0.05, 0) is 30.6 Å². The van der Waals surface area contributed by atoms with Crippen molar-refractivity contribution in [3.8, 4) is 0 Å². The highest BCUT2D eigenvalue weighted by Gasteiger charge is 2.41. The lowest BCUT2D eigenvalue weighted by atomic mass is 9.94. The Bertz CT molecular complexity index is 383. The van der Waals surface area contributed by atoms with Crippen molar-refractivity contribution in [2.24, 2.45) is 17.8 Å². The molecule has 0 aromatic carbocycles. The second-order valence-electron chi connectivity index (χ2n) is 6.69. The number of nitrogens with one attached hydrogen (secondary N) is 1. The van der Waals surface area contributed by atoms with Crippen LogP contribution in [0.3, 0.4) is 0 Å². The first-order chi connectivity index (χ1) is 9.45. The predicted octanol–water partition coefficient (Wildman–Crippen LogP) is 2.18. The van der Waals surface area contributed by atoms with Crippen LogP contribution in [0, 0.1) is 17.8 Å². The summed E-state index contributed by atoms with van der Waals surface area (Å²) in [5.74, 6) is 1.55. The van der Waals surface area contributed by atoms with Crippen LogP contribution in [0.25, 0.3) is 0 Å². The Morgan fingerprint density at radius 1 is 1.30 bits per heavy atom. The van der Waals surface area contributed by atoms with E-state index in [4.69, 9.17) is 0 Å². The highest BCUT2D eigenvalue weighted by Crippen LogP contribution is 2.35. The molecule has 114 valence electrons. The molecular formula is C16H28N2O2. The lowest BCUT2D eigenvalue weighted by Crippen LogP contribution is -2.51. The van der Waals surface area contributed by atoms with E-state index in [-0.39, 0.29) is 23.8 Å². The fraction of sp³-hybridized carbons (Fsp3) is 0.875. The standard InChI is InChI=1S/C16H28N2O2/c1-5-10(2)15-16(20)18(9-8-14(19)17-15)13-7-6-11(3)12(13)4/h10-13,15H,5-9H2,1-4H3,(H,17,19). The first-order valence-corrected chi connectivity index (χ1v) is 8.05. The van der Waals surface area contributed by atoms with E-state index >= 15 is 0 Å². The smallest absolute Gasteiger partial charge is 0.245 e. The molecule has 1 aliphatic heterocycles. The Kier molecular flexibility index (Phi) is 4.71. The van der Waals surface area contributed by atoms with E-state index in [2.05, 4.69) is 26.1 Å². The Hall–Kier alpha value is -1.06. The van der Waals surface area contributed by atoms with Crippen molar-refractivity contribution in [3.63, 3.8) is 0 Å². The number of hydrogen-bond donors (Lipinski definition) is 1. The van der Waals surface area contributed by atoms with Gasteiger partial charge in [0.2, 0.25) is 11.8 Å². The van der Waals surface area contributed by atoms with Gasteiger partial charge < -0.3 is 10.2 Å². The molecule has 2 amide bonds. The Balaban J connectivity index is 2.19. The Morgan fingerprint density at radius 3 is 2.55 bits per heavy atom. The minimum atomic E-state index is -0.335. The van der Waals surface area contributed by atoms with Crippen LogP contribution < -0.4 is 5.32 Å². The largest absolute Gasteiger partial charge is 0.344 e. The first-order valence-electron chi connectivity index (χ1n) is 8.05. The van der Waals surface area contributed by atoms with Crippen LogP contribution in [0.4, 0.5) is 0 Å². The zero-order valence-electron chi connectivity index (χ0n) is 13.2. The van der Waals surface area contributed by atoms with Crippen molar-refractivity contribution >= 4 is 11.8 Å². The molecule has 4 heteroatoms. The summed E-state index contributed by atoms with van der Waals surface area (Å²) < 4.78 is 0. The molecule has 5 atom stereocenters. The summed E-state index contributed by atoms with van der Waals surface area (Å²) in [5.41, 5.74) is 0. The maximum atomic E-state index is 12.8. The van der Waals surface area contributed by atoms with E-state index in [1.54, 1.807) is 0 Å². The molecule has 1 N–H and O–H groups in total. The summed E-state index contributed by atoms with van der Waals surface area (Å²) in [6, 6.07) is -0.0186. The molecule has 1 heterocycles. The third-order valence-corrected chi connectivity index (χ3v) is 5.48. The topological polar surface area (TPSA) is 49.4 Å². The highest BCUT2D eigenvalue weighted by atomic mass is 16.2. The summed E-state index contributed by atoms with van der Waals surface area (Å²) in [4.78, 5) is 26.7. The van der Waals surface area contributed by atoms with Crippen LogP contribution >= 0.6 is 0 Å². The maximum Gasteiger partial charge on any atom is 0.245 e. The van der Waals surface area contributed by atoms with Crippen LogP contribution in [0.2, 0.25) is 0 Å². The summed E-state index contributed by atoms with van der Waals surface area (Å²) in [5, 5.41) is 2.93. The normalized spacial score (nSPS) is 36.7. The molecule has 0 aromatic heterocycles. The second-order valence-corrected chi connectivity index (χ2v) is 6.69. The van der Waals surface area contributed by atoms with Gasteiger partial charge in [-0.3, -0.25) is 9.59 Å². The van der Waals surface area contributed by atoms with Gasteiger partial charge in [-0.1, -0.05) is 34.1 Å². The zero-order valence-corrected chi connectivity index (χ0v) is 13.2. The highest BCUT2D eigenvalue weighted by molar-refractivity contribution is 5.90. The number of carbonyl (C=O) groups is 2. The van der Waals surface area contributed by atoms with Gasteiger partial charge in [-0.2, -0.15) is 0 Å². The number of hydrogen-bond acceptors (Lipinski definition) is 2. The molecular weight excluding hydrogens is 252 g/mol. The van der Waals surface area contributed by atoms with Crippen molar-refractivity contribution in [2.45, 2.75) is 65.5 Å². The number of amides is 2. The van der Waals surface area contributed by atoms with Gasteiger partial charge in [-0.15, -0.1) is 0 Å². The van der Waals surface area contributed by atoms with Gasteiger partial charge in [-0.25, -0.2) is 0 Å². The first kappa shape index (κ1) is 15.3. The van der Waals surface area contributed by atoms with Crippen LogP contribution in [-0.4, -0.2) is 35.3 Å². The number of carbonyl (C=O) groups excluding carboxylic acids is 2. The molecule has 0 aromatic rings. The SMILES string of the molecule is CCC(C)C1NC(=O)CCN(C2CCC(C)C2C)C1=O. The summed E-state index contributed by atoms with van der Waals surface area (Å²) in [7, 11) is 0. The number of nitrogens with zero attached hydrogens (tertiary/aromatic N) is 1. The molecule has 2 aliphatic rings. The molecule has 0 bridgehead atoms. The molecule has 0 radical (unpaired) electrons. The van der Waals surface area contributed by atoms with Crippen molar-refractivity contribution in [3.05, 3.63) is 0 Å². The summed E-state index contributed by atoms with van der Waals surface area (Å²) in [6.07, 6.45) is 3.61. The summed E-state index contributed by atoms with van der Waals surface area (Å²) >= 11 is 0. The van der Waals surface area contributed by atoms with E-state index in [1.807, 2.05) is 11.8 Å². The van der Waals surface area contributed by atoms with Gasteiger partial charge in [0.05, 0.1) is 0 Å². The third kappa shape index (κ3) is 2.84. The second kappa shape index (κ2) is 6.15. The van der Waals surface area contributed by atoms with Gasteiger partial charge in [0.1, 0.15) is 6.04 Å². The van der Waals surface area contributed by atoms with E-state index < -0.39 is 0 Å². The molecule has 2 fully saturated rings. The lowest BCUT2D eigenvalue weighted by molar-refractivity contribution is -0.137. The quantitative estimate of drug-likeness (QED) is 0.861. The number of rotatable bonds is 3. The van der Waals surface area contributed by atoms with Gasteiger partial charge in [0.25, 0.3) is 0 Å². The zero-order chi connectivity index (χ0) is 14.9. The molecule has 5 unspecified atom stereocenters. The molecule has 20 heavy (non-hydrogen) atoms. The van der Waals surface area contributed by atoms with Crippen LogP contribution in [0.5, 0.6) is 0 Å². The van der Waals surface area contributed by atoms with Gasteiger partial charge in [0.15, 0.2) is 0 Å². The minimum Gasteiger partial charge on any atom is -0.344 e. The fourth-order valence-corrected chi connectivity index (χ4v) is 3.55. The maximum absolute atomic E-state index is 12.8. The predicted molar refractivity (Wildman–Crippen MR) is 79.1 cm³/mol. The van der Waals surface area contributed by atoms with Crippen LogP contribution in [0.1, 0.15) is 53.4 Å². The average molecular weight is 280 g/mol. The molecule has 1 aliphatic carbocycles. The molecule has 2 rings (SSSR count). The fourth-order valence-electron chi connectivity index (χ4n) is 3.55. The Morgan fingerprint density at radius 2 is 2.00 bits per heavy atom. The van der Waals surface area contributed by atoms with Crippen molar-refractivity contribution in [2.75, 3.05) is 6.54 Å². The van der Waals surface area contributed by atoms with Crippen molar-refractivity contribution in [1.29, 1.82) is 0 Å². The van der Waals surface area contributed by atoms with E-state index in [0.717, 1.165) is 12.8 Å². The molecule has 0 spiro atoms. The van der Waals surface area contributed by atoms with Crippen LogP contribution in [-0.2, 0) is 9.59 Å². The van der Waals surface area contributed by atoms with E-state index in [1.165, 1.54) is 6.42 Å². The lowest BCUT2D eigenvalue weighted by Gasteiger charge is -2.34. The molecule has 4 nitrogen and oxygen atoms in total. The van der Waals surface area contributed by atoms with Gasteiger partial charge in [0, 0.05) is 19.0 Å². The summed E-state index contributed by atoms with van der Waals surface area (Å²) in [6.45, 7) is 9.21. The average Bonchev–Trinajstić information content (AvgIpc) is 2.67. The molecule has 1 saturated heterocycles. The van der Waals surface area contributed by atoms with Crippen LogP contribution in [0.15, 0.2) is 0 Å². The van der Waals surface area contributed by atoms with E-state index in [9.17, 15) is 9.59 Å². The van der Waals surface area contributed by atoms with Crippen molar-refractivity contribution in [1.82, 2.24) is 10.2 Å².